The van der Waals surface area contributed by atoms with Crippen molar-refractivity contribution in [2.24, 2.45) is 21.7 Å². The maximum atomic E-state index is 12.9. The van der Waals surface area contributed by atoms with Crippen LogP contribution in [0.4, 0.5) is 10.1 Å². The molecule has 0 aliphatic carbocycles. The Morgan fingerprint density at radius 3 is 1.14 bits per heavy atom. The van der Waals surface area contributed by atoms with Crippen LogP contribution in [0.25, 0.3) is 0 Å². The Balaban J connectivity index is 0.000000493. The van der Waals surface area contributed by atoms with Crippen LogP contribution in [0.5, 0.6) is 5.75 Å². The zero-order chi connectivity index (χ0) is 56.6. The molecule has 4 aromatic carbocycles. The molecule has 74 heavy (non-hydrogen) atoms. The second-order valence-corrected chi connectivity index (χ2v) is 24.2. The maximum Gasteiger partial charge on any atom is 0.234 e. The summed E-state index contributed by atoms with van der Waals surface area (Å²) in [7, 11) is 3.30. The molecular formula is C63H86FNO9. The van der Waals surface area contributed by atoms with Crippen LogP contribution < -0.4 is 9.64 Å². The van der Waals surface area contributed by atoms with Crippen LogP contribution >= 0.6 is 0 Å². The molecule has 0 unspecified atom stereocenters. The van der Waals surface area contributed by atoms with Gasteiger partial charge in [0.1, 0.15) is 52.0 Å². The van der Waals surface area contributed by atoms with Crippen LogP contribution in [-0.4, -0.2) is 60.5 Å². The number of aryl methyl sites for hydroxylation is 2. The van der Waals surface area contributed by atoms with E-state index in [0.717, 1.165) is 28.1 Å². The summed E-state index contributed by atoms with van der Waals surface area (Å²) >= 11 is 0. The van der Waals surface area contributed by atoms with Gasteiger partial charge in [0, 0.05) is 57.7 Å². The summed E-state index contributed by atoms with van der Waals surface area (Å²) in [4.78, 5) is 95.7. The summed E-state index contributed by atoms with van der Waals surface area (Å²) in [6, 6.07) is 28.8. The van der Waals surface area contributed by atoms with Gasteiger partial charge >= 0.3 is 0 Å². The van der Waals surface area contributed by atoms with Crippen molar-refractivity contribution in [3.8, 4) is 5.75 Å². The fourth-order valence-corrected chi connectivity index (χ4v) is 7.48. The van der Waals surface area contributed by atoms with E-state index in [-0.39, 0.29) is 112 Å². The number of halogens is 1. The van der Waals surface area contributed by atoms with E-state index in [0.29, 0.717) is 37.7 Å². The van der Waals surface area contributed by atoms with Crippen molar-refractivity contribution in [3.05, 3.63) is 131 Å². The smallest absolute Gasteiger partial charge is 0.234 e. The second kappa shape index (κ2) is 30.8. The largest absolute Gasteiger partial charge is 0.497 e. The number of carbonyl (C=O) groups is 8. The lowest BCUT2D eigenvalue weighted by molar-refractivity contribution is -0.129. The number of anilines is 1. The van der Waals surface area contributed by atoms with E-state index in [4.69, 9.17) is 4.74 Å². The van der Waals surface area contributed by atoms with Crippen LogP contribution in [0, 0.1) is 41.3 Å². The van der Waals surface area contributed by atoms with E-state index >= 15 is 0 Å². The van der Waals surface area contributed by atoms with E-state index in [1.807, 2.05) is 170 Å². The highest BCUT2D eigenvalue weighted by molar-refractivity contribution is 6.05. The number of methoxy groups -OCH3 is 1. The molecule has 0 spiro atoms. The third kappa shape index (κ3) is 32.8. The van der Waals surface area contributed by atoms with Gasteiger partial charge in [-0.05, 0) is 88.6 Å². The zero-order valence-electron chi connectivity index (χ0n) is 47.5. The maximum absolute atomic E-state index is 12.9. The number of hydrogen-bond acceptors (Lipinski definition) is 9. The fourth-order valence-electron chi connectivity index (χ4n) is 7.48. The molecule has 0 saturated carbocycles. The standard InChI is InChI=1S/C16H23NO2.C16H22O3.C16H22O2.C15H19FO2/c1-12-6-8-13(9-7-12)17(5)15(19)10-14(18)11-16(2,3)4;1-16(2,3)11-14(18)10-13(17)8-12-6-5-7-15(9-12)19-4;1-12-5-7-13(8-6-12)9-14(17)10-15(18)11-16(2,3)4;1-15(2,3)10-14(18)9-13(17)8-11-5-4-6-12(16)7-11/h6-9H,10-11H2,1-5H3;5-7,9H,8,10-11H2,1-4H3;5-8H,9-11H2,1-4H3;4-7H,8-10H2,1-3H3. The molecule has 0 fully saturated rings. The average Bonchev–Trinajstić information content (AvgIpc) is 3.22. The van der Waals surface area contributed by atoms with Crippen molar-refractivity contribution in [1.82, 2.24) is 0 Å². The highest BCUT2D eigenvalue weighted by Gasteiger charge is 2.23. The quantitative estimate of drug-likeness (QED) is 0.0789. The third-order valence-electron chi connectivity index (χ3n) is 10.6. The van der Waals surface area contributed by atoms with Crippen molar-refractivity contribution in [2.45, 2.75) is 168 Å². The lowest BCUT2D eigenvalue weighted by Crippen LogP contribution is -2.29. The summed E-state index contributed by atoms with van der Waals surface area (Å²) in [5, 5.41) is 0. The van der Waals surface area contributed by atoms with Gasteiger partial charge in [-0.2, -0.15) is 0 Å². The Morgan fingerprint density at radius 1 is 0.432 bits per heavy atom. The number of ketones is 7. The predicted molar refractivity (Wildman–Crippen MR) is 296 cm³/mol. The van der Waals surface area contributed by atoms with Gasteiger partial charge in [0.15, 0.2) is 0 Å². The van der Waals surface area contributed by atoms with E-state index in [2.05, 4.69) is 0 Å². The Labute approximate surface area is 442 Å². The molecule has 10 nitrogen and oxygen atoms in total. The molecule has 4 aromatic rings. The zero-order valence-corrected chi connectivity index (χ0v) is 47.5. The lowest BCUT2D eigenvalue weighted by Gasteiger charge is -2.20. The molecule has 404 valence electrons. The van der Waals surface area contributed by atoms with Gasteiger partial charge in [-0.1, -0.05) is 155 Å². The van der Waals surface area contributed by atoms with Gasteiger partial charge < -0.3 is 9.64 Å². The number of amides is 1. The normalized spacial score (nSPS) is 11.3. The van der Waals surface area contributed by atoms with Gasteiger partial charge in [0.2, 0.25) is 5.91 Å². The van der Waals surface area contributed by atoms with Gasteiger partial charge in [-0.3, -0.25) is 38.4 Å². The van der Waals surface area contributed by atoms with Crippen LogP contribution in [0.15, 0.2) is 97.1 Å². The first-order valence-electron chi connectivity index (χ1n) is 25.4. The Hall–Kier alpha value is -6.23. The Morgan fingerprint density at radius 2 is 0.770 bits per heavy atom. The molecule has 0 bridgehead atoms. The average molecular weight is 1020 g/mol. The van der Waals surface area contributed by atoms with Gasteiger partial charge in [0.05, 0.1) is 32.8 Å². The number of carbonyl (C=O) groups excluding carboxylic acids is 8. The highest BCUT2D eigenvalue weighted by Crippen LogP contribution is 2.24. The molecule has 0 heterocycles. The van der Waals surface area contributed by atoms with Gasteiger partial charge in [0.25, 0.3) is 0 Å². The molecule has 0 aliphatic heterocycles. The van der Waals surface area contributed by atoms with Crippen molar-refractivity contribution in [1.29, 1.82) is 0 Å². The minimum absolute atomic E-state index is 0.00328. The van der Waals surface area contributed by atoms with E-state index in [9.17, 15) is 42.7 Å². The summed E-state index contributed by atoms with van der Waals surface area (Å²) in [5.74, 6) is 0.0246. The summed E-state index contributed by atoms with van der Waals surface area (Å²) in [5.41, 5.74) is 5.35. The SMILES string of the molecule is CC(C)(C)CC(=O)CC(=O)Cc1cccc(F)c1.COc1cccc(CC(=O)CC(=O)CC(C)(C)C)c1.Cc1ccc(CC(=O)CC(=O)CC(C)(C)C)cc1.Cc1ccc(N(C)C(=O)CC(=O)CC(C)(C)C)cc1. The summed E-state index contributed by atoms with van der Waals surface area (Å²) in [6.07, 6.45) is 2.48. The molecule has 1 amide bonds. The predicted octanol–water partition coefficient (Wildman–Crippen LogP) is 13.4. The summed E-state index contributed by atoms with van der Waals surface area (Å²) in [6.45, 7) is 27.9. The van der Waals surface area contributed by atoms with Crippen LogP contribution in [0.1, 0.15) is 162 Å². The monoisotopic (exact) mass is 1020 g/mol. The van der Waals surface area contributed by atoms with Gasteiger partial charge in [-0.15, -0.1) is 0 Å². The van der Waals surface area contributed by atoms with E-state index < -0.39 is 0 Å². The number of rotatable bonds is 20. The molecule has 0 aromatic heterocycles. The van der Waals surface area contributed by atoms with E-state index in [1.54, 1.807) is 31.2 Å². The van der Waals surface area contributed by atoms with Gasteiger partial charge in [-0.25, -0.2) is 4.39 Å². The first-order chi connectivity index (χ1) is 34.0. The minimum Gasteiger partial charge on any atom is -0.497 e. The minimum atomic E-state index is -0.360. The molecule has 0 N–H and O–H groups in total. The fraction of sp³-hybridized carbons (Fsp3) is 0.492. The molecule has 0 radical (unpaired) electrons. The first kappa shape index (κ1) is 65.8. The van der Waals surface area contributed by atoms with Crippen molar-refractivity contribution in [2.75, 3.05) is 19.1 Å². The van der Waals surface area contributed by atoms with Crippen LogP contribution in [0.3, 0.4) is 0 Å². The number of ether oxygens (including phenoxy) is 1. The molecule has 0 aliphatic rings. The van der Waals surface area contributed by atoms with Crippen molar-refractivity contribution in [3.63, 3.8) is 0 Å². The number of benzene rings is 4. The Kier molecular flexibility index (Phi) is 27.4. The molecule has 0 atom stereocenters. The second-order valence-electron chi connectivity index (χ2n) is 24.2. The van der Waals surface area contributed by atoms with Crippen molar-refractivity contribution < 1.29 is 47.5 Å². The van der Waals surface area contributed by atoms with Crippen LogP contribution in [-0.2, 0) is 57.6 Å². The van der Waals surface area contributed by atoms with Crippen molar-refractivity contribution >= 4 is 52.1 Å². The van der Waals surface area contributed by atoms with Crippen LogP contribution in [0.2, 0.25) is 0 Å². The molecule has 4 rings (SSSR count). The first-order valence-corrected chi connectivity index (χ1v) is 25.4. The topological polar surface area (TPSA) is 149 Å². The Bertz CT molecular complexity index is 2480. The number of nitrogens with zero attached hydrogens (tertiary/aromatic N) is 1. The van der Waals surface area contributed by atoms with E-state index in [1.165, 1.54) is 17.7 Å². The molecule has 0 saturated heterocycles. The lowest BCUT2D eigenvalue weighted by atomic mass is 9.88. The highest BCUT2D eigenvalue weighted by atomic mass is 19.1. The molecule has 11 heteroatoms. The third-order valence-corrected chi connectivity index (χ3v) is 10.6. The molecular weight excluding hydrogens is 934 g/mol. The number of hydrogen-bond donors (Lipinski definition) is 0. The number of Topliss-reactive ketones (excluding diaryl/α,β-unsaturated/α-hetero) is 7. The summed E-state index contributed by atoms with van der Waals surface area (Å²) < 4.78 is 18.0.